The molecule has 0 aliphatic carbocycles. The van der Waals surface area contributed by atoms with E-state index in [1.165, 1.54) is 5.56 Å². The Labute approximate surface area is 143 Å². The third-order valence-corrected chi connectivity index (χ3v) is 4.42. The van der Waals surface area contributed by atoms with Crippen LogP contribution in [0.4, 0.5) is 0 Å². The van der Waals surface area contributed by atoms with E-state index in [2.05, 4.69) is 24.0 Å². The minimum atomic E-state index is 0.0365. The van der Waals surface area contributed by atoms with E-state index in [-0.39, 0.29) is 5.91 Å². The van der Waals surface area contributed by atoms with Gasteiger partial charge in [-0.3, -0.25) is 9.69 Å². The molecule has 2 aromatic carbocycles. The molecule has 0 aromatic heterocycles. The topological polar surface area (TPSA) is 32.8 Å². The Hall–Kier alpha value is -2.33. The lowest BCUT2D eigenvalue weighted by atomic mass is 10.1. The molecule has 0 fully saturated rings. The average Bonchev–Trinajstić information content (AvgIpc) is 2.74. The van der Waals surface area contributed by atoms with E-state index >= 15 is 0 Å². The Kier molecular flexibility index (Phi) is 4.86. The number of hydrogen-bond donors (Lipinski definition) is 0. The van der Waals surface area contributed by atoms with Crippen LogP contribution in [0.15, 0.2) is 48.5 Å². The van der Waals surface area contributed by atoms with Gasteiger partial charge in [-0.05, 0) is 30.7 Å². The summed E-state index contributed by atoms with van der Waals surface area (Å²) in [6, 6.07) is 16.4. The lowest BCUT2D eigenvalue weighted by molar-refractivity contribution is 0.0827. The first-order valence-corrected chi connectivity index (χ1v) is 8.30. The van der Waals surface area contributed by atoms with Crippen LogP contribution in [-0.2, 0) is 13.1 Å². The average molecular weight is 324 g/mol. The SMILES string of the molecule is C[C@H]1COc2ccccc2CN1Cc1cccc(C(=O)N(C)C)c1. The number of carbonyl (C=O) groups excluding carboxylic acids is 1. The van der Waals surface area contributed by atoms with Crippen molar-refractivity contribution in [3.8, 4) is 5.75 Å². The van der Waals surface area contributed by atoms with Gasteiger partial charge >= 0.3 is 0 Å². The molecule has 0 radical (unpaired) electrons. The lowest BCUT2D eigenvalue weighted by Crippen LogP contribution is -2.34. The number of fused-ring (bicyclic) bond motifs is 1. The third-order valence-electron chi connectivity index (χ3n) is 4.42. The highest BCUT2D eigenvalue weighted by molar-refractivity contribution is 5.94. The molecule has 126 valence electrons. The molecule has 2 aromatic rings. The number of para-hydroxylation sites is 1. The molecular weight excluding hydrogens is 300 g/mol. The van der Waals surface area contributed by atoms with Gasteiger partial charge in [0.15, 0.2) is 0 Å². The Balaban J connectivity index is 1.80. The van der Waals surface area contributed by atoms with Gasteiger partial charge in [0.25, 0.3) is 5.91 Å². The van der Waals surface area contributed by atoms with E-state index in [4.69, 9.17) is 4.74 Å². The molecule has 24 heavy (non-hydrogen) atoms. The van der Waals surface area contributed by atoms with Crippen molar-refractivity contribution in [3.05, 3.63) is 65.2 Å². The number of hydrogen-bond acceptors (Lipinski definition) is 3. The summed E-state index contributed by atoms with van der Waals surface area (Å²) in [6.07, 6.45) is 0. The number of nitrogens with zero attached hydrogens (tertiary/aromatic N) is 2. The van der Waals surface area contributed by atoms with Crippen LogP contribution in [0.5, 0.6) is 5.75 Å². The van der Waals surface area contributed by atoms with Gasteiger partial charge in [0.2, 0.25) is 0 Å². The molecule has 0 spiro atoms. The summed E-state index contributed by atoms with van der Waals surface area (Å²) in [5.41, 5.74) is 3.09. The number of amides is 1. The fourth-order valence-electron chi connectivity index (χ4n) is 2.97. The molecular formula is C20H24N2O2. The fraction of sp³-hybridized carbons (Fsp3) is 0.350. The van der Waals surface area contributed by atoms with E-state index in [0.717, 1.165) is 30.0 Å². The van der Waals surface area contributed by atoms with Gasteiger partial charge in [0.1, 0.15) is 12.4 Å². The minimum absolute atomic E-state index is 0.0365. The van der Waals surface area contributed by atoms with Crippen molar-refractivity contribution in [2.24, 2.45) is 0 Å². The molecule has 1 aliphatic rings. The first-order valence-electron chi connectivity index (χ1n) is 8.30. The molecule has 1 aliphatic heterocycles. The van der Waals surface area contributed by atoms with Crippen molar-refractivity contribution in [1.29, 1.82) is 0 Å². The van der Waals surface area contributed by atoms with Gasteiger partial charge < -0.3 is 9.64 Å². The van der Waals surface area contributed by atoms with Crippen LogP contribution in [0.3, 0.4) is 0 Å². The zero-order valence-corrected chi connectivity index (χ0v) is 14.5. The summed E-state index contributed by atoms with van der Waals surface area (Å²) in [5, 5.41) is 0. The summed E-state index contributed by atoms with van der Waals surface area (Å²) in [6.45, 7) is 4.50. The predicted molar refractivity (Wildman–Crippen MR) is 95.1 cm³/mol. The van der Waals surface area contributed by atoms with E-state index in [1.54, 1.807) is 19.0 Å². The van der Waals surface area contributed by atoms with Crippen LogP contribution >= 0.6 is 0 Å². The van der Waals surface area contributed by atoms with Gasteiger partial charge in [-0.25, -0.2) is 0 Å². The zero-order chi connectivity index (χ0) is 17.1. The van der Waals surface area contributed by atoms with E-state index in [1.807, 2.05) is 36.4 Å². The maximum atomic E-state index is 12.2. The van der Waals surface area contributed by atoms with Crippen molar-refractivity contribution < 1.29 is 9.53 Å². The second-order valence-corrected chi connectivity index (χ2v) is 6.57. The van der Waals surface area contributed by atoms with Crippen molar-refractivity contribution in [2.75, 3.05) is 20.7 Å². The number of benzene rings is 2. The molecule has 4 nitrogen and oxygen atoms in total. The zero-order valence-electron chi connectivity index (χ0n) is 14.5. The van der Waals surface area contributed by atoms with Crippen LogP contribution in [0.2, 0.25) is 0 Å². The maximum Gasteiger partial charge on any atom is 0.253 e. The predicted octanol–water partition coefficient (Wildman–Crippen LogP) is 3.17. The number of carbonyl (C=O) groups is 1. The largest absolute Gasteiger partial charge is 0.492 e. The van der Waals surface area contributed by atoms with Gasteiger partial charge in [0, 0.05) is 44.4 Å². The molecule has 0 saturated heterocycles. The molecule has 0 saturated carbocycles. The first-order chi connectivity index (χ1) is 11.5. The maximum absolute atomic E-state index is 12.2. The molecule has 0 bridgehead atoms. The molecule has 4 heteroatoms. The summed E-state index contributed by atoms with van der Waals surface area (Å²) in [4.78, 5) is 16.2. The summed E-state index contributed by atoms with van der Waals surface area (Å²) in [7, 11) is 3.56. The molecule has 1 amide bonds. The summed E-state index contributed by atoms with van der Waals surface area (Å²) in [5.74, 6) is 1.01. The number of ether oxygens (including phenoxy) is 1. The highest BCUT2D eigenvalue weighted by atomic mass is 16.5. The molecule has 0 N–H and O–H groups in total. The minimum Gasteiger partial charge on any atom is -0.492 e. The van der Waals surface area contributed by atoms with Gasteiger partial charge in [-0.15, -0.1) is 0 Å². The second kappa shape index (κ2) is 7.05. The molecule has 3 rings (SSSR count). The lowest BCUT2D eigenvalue weighted by Gasteiger charge is -2.26. The van der Waals surface area contributed by atoms with Crippen LogP contribution in [-0.4, -0.2) is 42.5 Å². The van der Waals surface area contributed by atoms with Gasteiger partial charge in [0.05, 0.1) is 0 Å². The Morgan fingerprint density at radius 1 is 1.21 bits per heavy atom. The summed E-state index contributed by atoms with van der Waals surface area (Å²) >= 11 is 0. The van der Waals surface area contributed by atoms with Crippen molar-refractivity contribution in [3.63, 3.8) is 0 Å². The fourth-order valence-corrected chi connectivity index (χ4v) is 2.97. The first kappa shape index (κ1) is 16.5. The van der Waals surface area contributed by atoms with Crippen LogP contribution in [0.1, 0.15) is 28.4 Å². The number of rotatable bonds is 3. The Bertz CT molecular complexity index is 727. The van der Waals surface area contributed by atoms with Crippen molar-refractivity contribution in [2.45, 2.75) is 26.1 Å². The second-order valence-electron chi connectivity index (χ2n) is 6.57. The summed E-state index contributed by atoms with van der Waals surface area (Å²) < 4.78 is 5.92. The van der Waals surface area contributed by atoms with Crippen LogP contribution in [0.25, 0.3) is 0 Å². The monoisotopic (exact) mass is 324 g/mol. The normalized spacial score (nSPS) is 17.5. The molecule has 1 heterocycles. The van der Waals surface area contributed by atoms with E-state index in [9.17, 15) is 4.79 Å². The van der Waals surface area contributed by atoms with Crippen molar-refractivity contribution in [1.82, 2.24) is 9.80 Å². The quantitative estimate of drug-likeness (QED) is 0.869. The molecule has 0 unspecified atom stereocenters. The highest BCUT2D eigenvalue weighted by Gasteiger charge is 2.21. The van der Waals surface area contributed by atoms with Crippen LogP contribution in [0, 0.1) is 0 Å². The smallest absolute Gasteiger partial charge is 0.253 e. The van der Waals surface area contributed by atoms with Gasteiger partial charge in [-0.2, -0.15) is 0 Å². The van der Waals surface area contributed by atoms with Crippen molar-refractivity contribution >= 4 is 5.91 Å². The Morgan fingerprint density at radius 3 is 2.79 bits per heavy atom. The van der Waals surface area contributed by atoms with Crippen LogP contribution < -0.4 is 4.74 Å². The third kappa shape index (κ3) is 3.60. The standard InChI is InChI=1S/C20H24N2O2/c1-15-14-24-19-10-5-4-8-18(19)13-22(15)12-16-7-6-9-17(11-16)20(23)21(2)3/h4-11,15H,12-14H2,1-3H3/t15-/m0/s1. The highest BCUT2D eigenvalue weighted by Crippen LogP contribution is 2.26. The van der Waals surface area contributed by atoms with E-state index < -0.39 is 0 Å². The van der Waals surface area contributed by atoms with Gasteiger partial charge in [-0.1, -0.05) is 30.3 Å². The van der Waals surface area contributed by atoms with E-state index in [0.29, 0.717) is 12.6 Å². The molecule has 1 atom stereocenters. The Morgan fingerprint density at radius 2 is 2.00 bits per heavy atom.